The van der Waals surface area contributed by atoms with E-state index in [2.05, 4.69) is 5.16 Å². The Labute approximate surface area is 93.1 Å². The summed E-state index contributed by atoms with van der Waals surface area (Å²) in [6.07, 6.45) is 0.709. The van der Waals surface area contributed by atoms with Crippen LogP contribution in [0.2, 0.25) is 0 Å². The minimum absolute atomic E-state index is 0.294. The number of hydrogen-bond donors (Lipinski definition) is 1. The molecule has 2 rings (SSSR count). The van der Waals surface area contributed by atoms with E-state index in [4.69, 9.17) is 10.3 Å². The summed E-state index contributed by atoms with van der Waals surface area (Å²) in [5, 5.41) is 3.71. The Morgan fingerprint density at radius 3 is 2.88 bits per heavy atom. The van der Waals surface area contributed by atoms with Gasteiger partial charge in [-0.15, -0.1) is 0 Å². The minimum atomic E-state index is -0.294. The SMILES string of the molecule is CCc1c(N)noc1-c1cc(F)ccc1C. The standard InChI is InChI=1S/C12H13FN2O/c1-3-9-11(16-15-12(9)14)10-6-8(13)5-4-7(10)2/h4-6H,3H2,1-2H3,(H2,14,15). The molecule has 1 aromatic carbocycles. The number of nitrogen functional groups attached to an aromatic ring is 1. The zero-order chi connectivity index (χ0) is 11.7. The molecule has 0 unspecified atom stereocenters. The van der Waals surface area contributed by atoms with Gasteiger partial charge in [-0.25, -0.2) is 4.39 Å². The third kappa shape index (κ3) is 1.66. The lowest BCUT2D eigenvalue weighted by Gasteiger charge is -2.03. The van der Waals surface area contributed by atoms with Crippen molar-refractivity contribution in [3.8, 4) is 11.3 Å². The Kier molecular flexibility index (Phi) is 2.64. The predicted octanol–water partition coefficient (Wildman–Crippen LogP) is 2.93. The van der Waals surface area contributed by atoms with Crippen molar-refractivity contribution >= 4 is 5.82 Å². The number of nitrogens with zero attached hydrogens (tertiary/aromatic N) is 1. The highest BCUT2D eigenvalue weighted by atomic mass is 19.1. The maximum atomic E-state index is 13.2. The Morgan fingerprint density at radius 1 is 1.44 bits per heavy atom. The van der Waals surface area contributed by atoms with E-state index in [0.717, 1.165) is 11.1 Å². The van der Waals surface area contributed by atoms with Gasteiger partial charge in [0, 0.05) is 11.1 Å². The third-order valence-electron chi connectivity index (χ3n) is 2.62. The monoisotopic (exact) mass is 220 g/mol. The summed E-state index contributed by atoms with van der Waals surface area (Å²) < 4.78 is 18.3. The molecule has 0 bridgehead atoms. The van der Waals surface area contributed by atoms with E-state index in [0.29, 0.717) is 23.6 Å². The van der Waals surface area contributed by atoms with Crippen molar-refractivity contribution in [1.29, 1.82) is 0 Å². The normalized spacial score (nSPS) is 10.7. The molecule has 0 amide bonds. The van der Waals surface area contributed by atoms with Crippen LogP contribution in [0.3, 0.4) is 0 Å². The number of rotatable bonds is 2. The molecular formula is C12H13FN2O. The Hall–Kier alpha value is -1.84. The molecule has 16 heavy (non-hydrogen) atoms. The fraction of sp³-hybridized carbons (Fsp3) is 0.250. The zero-order valence-electron chi connectivity index (χ0n) is 9.25. The van der Waals surface area contributed by atoms with Crippen molar-refractivity contribution in [3.05, 3.63) is 35.1 Å². The molecule has 2 N–H and O–H groups in total. The highest BCUT2D eigenvalue weighted by Gasteiger charge is 2.16. The molecule has 1 heterocycles. The highest BCUT2D eigenvalue weighted by molar-refractivity contribution is 5.68. The number of benzene rings is 1. The molecule has 0 fully saturated rings. The first-order valence-electron chi connectivity index (χ1n) is 5.14. The van der Waals surface area contributed by atoms with Crippen LogP contribution in [0.5, 0.6) is 0 Å². The average molecular weight is 220 g/mol. The van der Waals surface area contributed by atoms with Crippen molar-refractivity contribution in [2.24, 2.45) is 0 Å². The van der Waals surface area contributed by atoms with Gasteiger partial charge in [0.05, 0.1) is 0 Å². The predicted molar refractivity (Wildman–Crippen MR) is 60.4 cm³/mol. The lowest BCUT2D eigenvalue weighted by molar-refractivity contribution is 0.434. The van der Waals surface area contributed by atoms with Gasteiger partial charge in [0.15, 0.2) is 11.6 Å². The van der Waals surface area contributed by atoms with E-state index in [-0.39, 0.29) is 5.82 Å². The van der Waals surface area contributed by atoms with Crippen LogP contribution in [0.15, 0.2) is 22.7 Å². The smallest absolute Gasteiger partial charge is 0.172 e. The van der Waals surface area contributed by atoms with E-state index >= 15 is 0 Å². The number of hydrogen-bond acceptors (Lipinski definition) is 3. The average Bonchev–Trinajstić information content (AvgIpc) is 2.63. The zero-order valence-corrected chi connectivity index (χ0v) is 9.25. The van der Waals surface area contributed by atoms with Gasteiger partial charge in [-0.2, -0.15) is 0 Å². The summed E-state index contributed by atoms with van der Waals surface area (Å²) in [6, 6.07) is 4.57. The Bertz CT molecular complexity index is 520. The molecular weight excluding hydrogens is 207 g/mol. The van der Waals surface area contributed by atoms with Crippen LogP contribution in [0, 0.1) is 12.7 Å². The van der Waals surface area contributed by atoms with E-state index in [1.54, 1.807) is 6.07 Å². The summed E-state index contributed by atoms with van der Waals surface area (Å²) in [4.78, 5) is 0. The van der Waals surface area contributed by atoms with Crippen molar-refractivity contribution in [1.82, 2.24) is 5.16 Å². The van der Waals surface area contributed by atoms with Crippen LogP contribution in [-0.2, 0) is 6.42 Å². The van der Waals surface area contributed by atoms with E-state index in [1.165, 1.54) is 12.1 Å². The fourth-order valence-electron chi connectivity index (χ4n) is 1.71. The van der Waals surface area contributed by atoms with Gasteiger partial charge >= 0.3 is 0 Å². The molecule has 0 aliphatic rings. The van der Waals surface area contributed by atoms with Crippen LogP contribution < -0.4 is 5.73 Å². The summed E-state index contributed by atoms with van der Waals surface area (Å²) in [7, 11) is 0. The maximum absolute atomic E-state index is 13.2. The van der Waals surface area contributed by atoms with E-state index in [1.807, 2.05) is 13.8 Å². The Morgan fingerprint density at radius 2 is 2.19 bits per heavy atom. The Balaban J connectivity index is 2.62. The molecule has 1 aromatic heterocycles. The number of aromatic nitrogens is 1. The first kappa shape index (κ1) is 10.7. The van der Waals surface area contributed by atoms with Crippen LogP contribution in [0.1, 0.15) is 18.1 Å². The van der Waals surface area contributed by atoms with Crippen LogP contribution >= 0.6 is 0 Å². The summed E-state index contributed by atoms with van der Waals surface area (Å²) >= 11 is 0. The molecule has 2 aromatic rings. The topological polar surface area (TPSA) is 52.0 Å². The second-order valence-corrected chi connectivity index (χ2v) is 3.69. The van der Waals surface area contributed by atoms with E-state index < -0.39 is 0 Å². The van der Waals surface area contributed by atoms with Gasteiger partial charge in [0.2, 0.25) is 0 Å². The minimum Gasteiger partial charge on any atom is -0.381 e. The van der Waals surface area contributed by atoms with Crippen LogP contribution in [0.4, 0.5) is 10.2 Å². The number of aryl methyl sites for hydroxylation is 1. The molecule has 0 radical (unpaired) electrons. The van der Waals surface area contributed by atoms with Gasteiger partial charge < -0.3 is 10.3 Å². The number of anilines is 1. The van der Waals surface area contributed by atoms with E-state index in [9.17, 15) is 4.39 Å². The molecule has 0 spiro atoms. The third-order valence-corrected chi connectivity index (χ3v) is 2.62. The lowest BCUT2D eigenvalue weighted by Crippen LogP contribution is -1.92. The molecule has 0 aliphatic carbocycles. The van der Waals surface area contributed by atoms with Crippen molar-refractivity contribution < 1.29 is 8.91 Å². The largest absolute Gasteiger partial charge is 0.381 e. The molecule has 4 heteroatoms. The lowest BCUT2D eigenvalue weighted by atomic mass is 10.0. The first-order chi connectivity index (χ1) is 7.63. The number of halogens is 1. The van der Waals surface area contributed by atoms with Crippen molar-refractivity contribution in [3.63, 3.8) is 0 Å². The summed E-state index contributed by atoms with van der Waals surface area (Å²) in [6.45, 7) is 3.86. The van der Waals surface area contributed by atoms with Crippen LogP contribution in [-0.4, -0.2) is 5.16 Å². The van der Waals surface area contributed by atoms with Gasteiger partial charge in [0.1, 0.15) is 5.82 Å². The number of nitrogens with two attached hydrogens (primary N) is 1. The second-order valence-electron chi connectivity index (χ2n) is 3.69. The quantitative estimate of drug-likeness (QED) is 0.846. The van der Waals surface area contributed by atoms with Gasteiger partial charge in [-0.05, 0) is 31.0 Å². The fourth-order valence-corrected chi connectivity index (χ4v) is 1.71. The molecule has 0 aliphatic heterocycles. The second kappa shape index (κ2) is 3.96. The highest BCUT2D eigenvalue weighted by Crippen LogP contribution is 2.30. The molecule has 0 saturated carbocycles. The van der Waals surface area contributed by atoms with Gasteiger partial charge in [0.25, 0.3) is 0 Å². The molecule has 0 atom stereocenters. The summed E-state index contributed by atoms with van der Waals surface area (Å²) in [5.41, 5.74) is 8.15. The molecule has 84 valence electrons. The first-order valence-corrected chi connectivity index (χ1v) is 5.14. The van der Waals surface area contributed by atoms with Gasteiger partial charge in [-0.1, -0.05) is 18.1 Å². The van der Waals surface area contributed by atoms with Crippen molar-refractivity contribution in [2.75, 3.05) is 5.73 Å². The van der Waals surface area contributed by atoms with Crippen LogP contribution in [0.25, 0.3) is 11.3 Å². The van der Waals surface area contributed by atoms with Gasteiger partial charge in [-0.3, -0.25) is 0 Å². The molecule has 0 saturated heterocycles. The maximum Gasteiger partial charge on any atom is 0.172 e. The molecule has 3 nitrogen and oxygen atoms in total. The summed E-state index contributed by atoms with van der Waals surface area (Å²) in [5.74, 6) is 0.649. The van der Waals surface area contributed by atoms with Crippen molar-refractivity contribution in [2.45, 2.75) is 20.3 Å².